The molecule has 1 atom stereocenters. The Morgan fingerprint density at radius 3 is 2.36 bits per heavy atom. The van der Waals surface area contributed by atoms with E-state index >= 15 is 0 Å². The molecule has 2 heterocycles. The highest BCUT2D eigenvalue weighted by atomic mass is 32.2. The van der Waals surface area contributed by atoms with E-state index < -0.39 is 27.9 Å². The zero-order valence-electron chi connectivity index (χ0n) is 20.1. The topological polar surface area (TPSA) is 107 Å². The van der Waals surface area contributed by atoms with E-state index in [0.717, 1.165) is 15.6 Å². The minimum absolute atomic E-state index is 0.0612. The van der Waals surface area contributed by atoms with Gasteiger partial charge in [0.1, 0.15) is 17.6 Å². The Morgan fingerprint density at radius 2 is 1.69 bits per heavy atom. The van der Waals surface area contributed by atoms with Crippen molar-refractivity contribution in [2.24, 2.45) is 0 Å². The van der Waals surface area contributed by atoms with Gasteiger partial charge in [-0.25, -0.2) is 17.5 Å². The summed E-state index contributed by atoms with van der Waals surface area (Å²) in [5.41, 5.74) is 2.25. The van der Waals surface area contributed by atoms with Crippen LogP contribution in [0.15, 0.2) is 54.7 Å². The molecule has 0 N–H and O–H groups in total. The number of hydrogen-bond acceptors (Lipinski definition) is 8. The Kier molecular flexibility index (Phi) is 7.97. The van der Waals surface area contributed by atoms with Crippen molar-refractivity contribution in [1.82, 2.24) is 24.2 Å². The summed E-state index contributed by atoms with van der Waals surface area (Å²) in [5.74, 6) is -0.492. The second-order valence-corrected chi connectivity index (χ2v) is 10.6. The Bertz CT molecular complexity index is 1280. The van der Waals surface area contributed by atoms with Gasteiger partial charge in [-0.15, -0.1) is 5.10 Å². The summed E-state index contributed by atoms with van der Waals surface area (Å²) in [6, 6.07) is 12.1. The number of hydrogen-bond donors (Lipinski definition) is 0. The zero-order chi connectivity index (χ0) is 25.7. The van der Waals surface area contributed by atoms with E-state index in [0.29, 0.717) is 24.3 Å². The number of methoxy groups -OCH3 is 2. The minimum Gasteiger partial charge on any atom is -0.497 e. The fourth-order valence-electron chi connectivity index (χ4n) is 4.07. The minimum atomic E-state index is -3.79. The van der Waals surface area contributed by atoms with E-state index in [9.17, 15) is 17.6 Å². The Labute approximate surface area is 209 Å². The molecule has 1 fully saturated rings. The lowest BCUT2D eigenvalue weighted by Gasteiger charge is -2.28. The van der Waals surface area contributed by atoms with Crippen molar-refractivity contribution in [2.75, 3.05) is 33.1 Å². The fraction of sp³-hybridized carbons (Fsp3) is 0.375. The van der Waals surface area contributed by atoms with Crippen LogP contribution in [0.3, 0.4) is 0 Å². The maximum Gasteiger partial charge on any atom is 0.325 e. The average Bonchev–Trinajstić information content (AvgIpc) is 3.27. The predicted octanol–water partition coefficient (Wildman–Crippen LogP) is 1.66. The summed E-state index contributed by atoms with van der Waals surface area (Å²) in [5, 5.41) is 8.40. The number of nitrogens with zero attached hydrogens (tertiary/aromatic N) is 5. The van der Waals surface area contributed by atoms with Crippen LogP contribution >= 0.6 is 0 Å². The number of halogens is 1. The third kappa shape index (κ3) is 6.25. The van der Waals surface area contributed by atoms with Gasteiger partial charge in [-0.1, -0.05) is 29.5 Å². The normalized spacial score (nSPS) is 18.5. The molecule has 0 saturated carbocycles. The Hall–Kier alpha value is -3.35. The summed E-state index contributed by atoms with van der Waals surface area (Å²) < 4.78 is 52.5. The number of rotatable bonds is 8. The van der Waals surface area contributed by atoms with Gasteiger partial charge in [0, 0.05) is 26.2 Å². The lowest BCUT2D eigenvalue weighted by Crippen LogP contribution is -2.48. The molecule has 0 amide bonds. The van der Waals surface area contributed by atoms with E-state index in [1.807, 2.05) is 29.2 Å². The number of sulfonamides is 1. The maximum absolute atomic E-state index is 13.3. The van der Waals surface area contributed by atoms with Crippen molar-refractivity contribution in [3.05, 3.63) is 77.4 Å². The van der Waals surface area contributed by atoms with Crippen molar-refractivity contribution in [3.63, 3.8) is 0 Å². The maximum atomic E-state index is 13.3. The van der Waals surface area contributed by atoms with Gasteiger partial charge in [-0.05, 0) is 35.4 Å². The molecular weight excluding hydrogens is 489 g/mol. The number of carbonyl (C=O) groups excluding carboxylic acids is 1. The SMILES string of the molecule is COC(=O)C1CN(Cc2cn(Cc3ccc(OC)cc3)nn2)CCS(=O)(=O)N1Cc1ccc(F)cc1. The van der Waals surface area contributed by atoms with Crippen molar-refractivity contribution in [1.29, 1.82) is 0 Å². The summed E-state index contributed by atoms with van der Waals surface area (Å²) in [6.07, 6.45) is 1.80. The van der Waals surface area contributed by atoms with Crippen molar-refractivity contribution >= 4 is 16.0 Å². The molecule has 36 heavy (non-hydrogen) atoms. The second-order valence-electron chi connectivity index (χ2n) is 8.52. The predicted molar refractivity (Wildman–Crippen MR) is 129 cm³/mol. The molecule has 10 nitrogen and oxygen atoms in total. The fourth-order valence-corrected chi connectivity index (χ4v) is 5.68. The summed E-state index contributed by atoms with van der Waals surface area (Å²) in [7, 11) is -0.956. The van der Waals surface area contributed by atoms with Crippen LogP contribution in [-0.2, 0) is 39.2 Å². The van der Waals surface area contributed by atoms with Gasteiger partial charge in [-0.2, -0.15) is 4.31 Å². The Morgan fingerprint density at radius 1 is 1.03 bits per heavy atom. The largest absolute Gasteiger partial charge is 0.497 e. The highest BCUT2D eigenvalue weighted by Crippen LogP contribution is 2.21. The highest BCUT2D eigenvalue weighted by molar-refractivity contribution is 7.89. The van der Waals surface area contributed by atoms with E-state index in [1.165, 1.54) is 31.4 Å². The van der Waals surface area contributed by atoms with Crippen LogP contribution < -0.4 is 4.74 Å². The number of carbonyl (C=O) groups is 1. The van der Waals surface area contributed by atoms with Gasteiger partial charge >= 0.3 is 5.97 Å². The highest BCUT2D eigenvalue weighted by Gasteiger charge is 2.40. The van der Waals surface area contributed by atoms with Crippen LogP contribution in [0.5, 0.6) is 5.75 Å². The van der Waals surface area contributed by atoms with Gasteiger partial charge in [0.25, 0.3) is 0 Å². The molecule has 1 saturated heterocycles. The number of aromatic nitrogens is 3. The molecule has 1 unspecified atom stereocenters. The molecule has 192 valence electrons. The van der Waals surface area contributed by atoms with Crippen LogP contribution in [0, 0.1) is 5.82 Å². The standard InChI is InChI=1S/C24H28FN5O5S/c1-34-22-9-5-18(6-10-22)13-29-16-21(26-27-29)15-28-11-12-36(32,33)30(23(17-28)24(31)35-2)14-19-3-7-20(25)8-4-19/h3-10,16,23H,11-15,17H2,1-2H3. The smallest absolute Gasteiger partial charge is 0.325 e. The van der Waals surface area contributed by atoms with Gasteiger partial charge < -0.3 is 9.47 Å². The van der Waals surface area contributed by atoms with Crippen molar-refractivity contribution < 1.29 is 27.1 Å². The van der Waals surface area contributed by atoms with Crippen LogP contribution in [-0.4, -0.2) is 77.7 Å². The van der Waals surface area contributed by atoms with Gasteiger partial charge in [-0.3, -0.25) is 9.69 Å². The van der Waals surface area contributed by atoms with E-state index in [-0.39, 0.29) is 25.4 Å². The average molecular weight is 518 g/mol. The van der Waals surface area contributed by atoms with E-state index in [1.54, 1.807) is 18.0 Å². The molecule has 1 aliphatic rings. The Balaban J connectivity index is 1.48. The summed E-state index contributed by atoms with van der Waals surface area (Å²) in [4.78, 5) is 14.5. The second kappa shape index (κ2) is 11.1. The molecule has 0 spiro atoms. The number of ether oxygens (including phenoxy) is 2. The first-order valence-corrected chi connectivity index (χ1v) is 12.9. The molecule has 12 heteroatoms. The molecule has 4 rings (SSSR count). The van der Waals surface area contributed by atoms with E-state index in [4.69, 9.17) is 9.47 Å². The lowest BCUT2D eigenvalue weighted by atomic mass is 10.2. The third-order valence-corrected chi connectivity index (χ3v) is 7.80. The molecule has 1 aromatic heterocycles. The quantitative estimate of drug-likeness (QED) is 0.416. The molecule has 0 aliphatic carbocycles. The zero-order valence-corrected chi connectivity index (χ0v) is 20.9. The van der Waals surface area contributed by atoms with Gasteiger partial charge in [0.15, 0.2) is 0 Å². The van der Waals surface area contributed by atoms with Crippen LogP contribution in [0.2, 0.25) is 0 Å². The lowest BCUT2D eigenvalue weighted by molar-refractivity contribution is -0.145. The first-order chi connectivity index (χ1) is 17.3. The molecule has 3 aromatic rings. The first-order valence-electron chi connectivity index (χ1n) is 11.3. The number of esters is 1. The van der Waals surface area contributed by atoms with Gasteiger partial charge in [0.05, 0.1) is 38.4 Å². The monoisotopic (exact) mass is 517 g/mol. The van der Waals surface area contributed by atoms with E-state index in [2.05, 4.69) is 10.3 Å². The van der Waals surface area contributed by atoms with Crippen molar-refractivity contribution in [3.8, 4) is 5.75 Å². The van der Waals surface area contributed by atoms with Gasteiger partial charge in [0.2, 0.25) is 10.0 Å². The van der Waals surface area contributed by atoms with Crippen LogP contribution in [0.1, 0.15) is 16.8 Å². The first kappa shape index (κ1) is 25.7. The summed E-state index contributed by atoms with van der Waals surface area (Å²) in [6.45, 7) is 1.10. The molecular formula is C24H28FN5O5S. The molecule has 0 bridgehead atoms. The van der Waals surface area contributed by atoms with Crippen molar-refractivity contribution in [2.45, 2.75) is 25.7 Å². The molecule has 2 aromatic carbocycles. The van der Waals surface area contributed by atoms with Crippen LogP contribution in [0.4, 0.5) is 4.39 Å². The molecule has 1 aliphatic heterocycles. The van der Waals surface area contributed by atoms with Crippen LogP contribution in [0.25, 0.3) is 0 Å². The summed E-state index contributed by atoms with van der Waals surface area (Å²) >= 11 is 0. The number of benzene rings is 2. The molecule has 0 radical (unpaired) electrons. The third-order valence-electron chi connectivity index (χ3n) is 6.00.